The van der Waals surface area contributed by atoms with Crippen molar-refractivity contribution < 1.29 is 13.5 Å². The molecule has 122 valence electrons. The lowest BCUT2D eigenvalue weighted by Gasteiger charge is -2.09. The SMILES string of the molecule is N#CCCCn1c(COc2ccccc2)nc2cc(F)c(F)cc21. The molecular formula is C18H15F2N3O. The van der Waals surface area contributed by atoms with Gasteiger partial charge in [-0.25, -0.2) is 13.8 Å². The van der Waals surface area contributed by atoms with Crippen LogP contribution in [0.2, 0.25) is 0 Å². The van der Waals surface area contributed by atoms with Crippen molar-refractivity contribution in [2.75, 3.05) is 0 Å². The standard InChI is InChI=1S/C18H15F2N3O/c19-14-10-16-17(11-15(14)20)23(9-5-4-8-21)18(22-16)12-24-13-6-2-1-3-7-13/h1-3,6-7,10-11H,4-5,9,12H2. The largest absolute Gasteiger partial charge is 0.486 e. The summed E-state index contributed by atoms with van der Waals surface area (Å²) in [5.74, 6) is -0.596. The molecule has 0 saturated heterocycles. The smallest absolute Gasteiger partial charge is 0.161 e. The lowest BCUT2D eigenvalue weighted by atomic mass is 10.2. The van der Waals surface area contributed by atoms with Crippen LogP contribution in [0.1, 0.15) is 18.7 Å². The number of halogens is 2. The van der Waals surface area contributed by atoms with E-state index < -0.39 is 11.6 Å². The van der Waals surface area contributed by atoms with E-state index >= 15 is 0 Å². The number of hydrogen-bond donors (Lipinski definition) is 0. The molecule has 0 unspecified atom stereocenters. The van der Waals surface area contributed by atoms with Gasteiger partial charge in [-0.1, -0.05) is 18.2 Å². The van der Waals surface area contributed by atoms with Crippen LogP contribution in [0.25, 0.3) is 11.0 Å². The van der Waals surface area contributed by atoms with Gasteiger partial charge >= 0.3 is 0 Å². The van der Waals surface area contributed by atoms with Crippen LogP contribution in [0.4, 0.5) is 8.78 Å². The minimum Gasteiger partial charge on any atom is -0.486 e. The van der Waals surface area contributed by atoms with Crippen LogP contribution in [0, 0.1) is 23.0 Å². The predicted molar refractivity (Wildman–Crippen MR) is 85.3 cm³/mol. The van der Waals surface area contributed by atoms with Gasteiger partial charge in [0.25, 0.3) is 0 Å². The van der Waals surface area contributed by atoms with E-state index in [9.17, 15) is 8.78 Å². The zero-order chi connectivity index (χ0) is 16.9. The first-order valence-electron chi connectivity index (χ1n) is 7.58. The third kappa shape index (κ3) is 3.35. The maximum Gasteiger partial charge on any atom is 0.161 e. The summed E-state index contributed by atoms with van der Waals surface area (Å²) in [6.07, 6.45) is 0.974. The van der Waals surface area contributed by atoms with E-state index in [4.69, 9.17) is 10.00 Å². The van der Waals surface area contributed by atoms with Gasteiger partial charge in [-0.2, -0.15) is 5.26 Å². The normalized spacial score (nSPS) is 10.7. The Balaban J connectivity index is 1.92. The number of para-hydroxylation sites is 1. The molecule has 0 radical (unpaired) electrons. The minimum atomic E-state index is -0.931. The monoisotopic (exact) mass is 327 g/mol. The molecule has 1 aromatic heterocycles. The number of benzene rings is 2. The van der Waals surface area contributed by atoms with Crippen molar-refractivity contribution in [1.82, 2.24) is 9.55 Å². The second kappa shape index (κ2) is 7.09. The second-order valence-corrected chi connectivity index (χ2v) is 5.30. The molecule has 0 N–H and O–H groups in total. The Morgan fingerprint density at radius 2 is 1.88 bits per heavy atom. The average molecular weight is 327 g/mol. The van der Waals surface area contributed by atoms with Gasteiger partial charge in [-0.3, -0.25) is 0 Å². The van der Waals surface area contributed by atoms with Crippen LogP contribution in [0.5, 0.6) is 5.75 Å². The molecule has 24 heavy (non-hydrogen) atoms. The number of aryl methyl sites for hydroxylation is 1. The molecule has 4 nitrogen and oxygen atoms in total. The fourth-order valence-corrected chi connectivity index (χ4v) is 2.51. The molecule has 6 heteroatoms. The molecule has 2 aromatic carbocycles. The summed E-state index contributed by atoms with van der Waals surface area (Å²) < 4.78 is 34.5. The summed E-state index contributed by atoms with van der Waals surface area (Å²) in [7, 11) is 0. The minimum absolute atomic E-state index is 0.175. The Morgan fingerprint density at radius 1 is 1.12 bits per heavy atom. The summed E-state index contributed by atoms with van der Waals surface area (Å²) in [6, 6.07) is 13.5. The average Bonchev–Trinajstić information content (AvgIpc) is 2.91. The summed E-state index contributed by atoms with van der Waals surface area (Å²) in [5, 5.41) is 8.70. The highest BCUT2D eigenvalue weighted by atomic mass is 19.2. The van der Waals surface area contributed by atoms with Crippen molar-refractivity contribution in [3.05, 3.63) is 59.9 Å². The second-order valence-electron chi connectivity index (χ2n) is 5.30. The van der Waals surface area contributed by atoms with Crippen molar-refractivity contribution in [3.63, 3.8) is 0 Å². The van der Waals surface area contributed by atoms with Crippen LogP contribution < -0.4 is 4.74 Å². The lowest BCUT2D eigenvalue weighted by Crippen LogP contribution is -2.07. The van der Waals surface area contributed by atoms with E-state index in [0.29, 0.717) is 42.0 Å². The van der Waals surface area contributed by atoms with E-state index in [1.165, 1.54) is 0 Å². The van der Waals surface area contributed by atoms with E-state index in [1.807, 2.05) is 30.3 Å². The number of fused-ring (bicyclic) bond motifs is 1. The molecule has 0 spiro atoms. The van der Waals surface area contributed by atoms with E-state index in [2.05, 4.69) is 11.1 Å². The van der Waals surface area contributed by atoms with Crippen LogP contribution in [-0.2, 0) is 13.2 Å². The number of imidazole rings is 1. The first-order valence-corrected chi connectivity index (χ1v) is 7.58. The fraction of sp³-hybridized carbons (Fsp3) is 0.222. The molecule has 0 fully saturated rings. The third-order valence-corrected chi connectivity index (χ3v) is 3.65. The van der Waals surface area contributed by atoms with E-state index in [0.717, 1.165) is 12.1 Å². The van der Waals surface area contributed by atoms with Gasteiger partial charge in [-0.15, -0.1) is 0 Å². The van der Waals surface area contributed by atoms with Gasteiger partial charge in [0.1, 0.15) is 18.2 Å². The maximum absolute atomic E-state index is 13.6. The van der Waals surface area contributed by atoms with Crippen molar-refractivity contribution >= 4 is 11.0 Å². The zero-order valence-electron chi connectivity index (χ0n) is 12.9. The number of aromatic nitrogens is 2. The molecule has 3 rings (SSSR count). The lowest BCUT2D eigenvalue weighted by molar-refractivity contribution is 0.290. The summed E-state index contributed by atoms with van der Waals surface area (Å²) in [5.41, 5.74) is 0.871. The topological polar surface area (TPSA) is 50.8 Å². The number of nitrogens with zero attached hydrogens (tertiary/aromatic N) is 3. The fourth-order valence-electron chi connectivity index (χ4n) is 2.51. The molecule has 0 atom stereocenters. The van der Waals surface area contributed by atoms with Crippen molar-refractivity contribution in [2.24, 2.45) is 0 Å². The molecule has 0 saturated carbocycles. The Kier molecular flexibility index (Phi) is 4.71. The van der Waals surface area contributed by atoms with Crippen molar-refractivity contribution in [2.45, 2.75) is 26.0 Å². The van der Waals surface area contributed by atoms with E-state index in [1.54, 1.807) is 4.57 Å². The maximum atomic E-state index is 13.6. The highest BCUT2D eigenvalue weighted by Gasteiger charge is 2.14. The van der Waals surface area contributed by atoms with Crippen LogP contribution in [-0.4, -0.2) is 9.55 Å². The Bertz CT molecular complexity index is 885. The molecule has 0 aliphatic carbocycles. The van der Waals surface area contributed by atoms with Gasteiger partial charge in [-0.05, 0) is 18.6 Å². The molecule has 0 bridgehead atoms. The van der Waals surface area contributed by atoms with Crippen LogP contribution in [0.15, 0.2) is 42.5 Å². The Hall–Kier alpha value is -2.94. The molecule has 0 amide bonds. The Labute approximate surface area is 137 Å². The Morgan fingerprint density at radius 3 is 2.62 bits per heavy atom. The number of ether oxygens (including phenoxy) is 1. The van der Waals surface area contributed by atoms with Crippen LogP contribution >= 0.6 is 0 Å². The molecular weight excluding hydrogens is 312 g/mol. The van der Waals surface area contributed by atoms with Gasteiger partial charge in [0.15, 0.2) is 11.6 Å². The van der Waals surface area contributed by atoms with Crippen molar-refractivity contribution in [3.8, 4) is 11.8 Å². The number of hydrogen-bond acceptors (Lipinski definition) is 3. The summed E-state index contributed by atoms with van der Waals surface area (Å²) in [4.78, 5) is 4.36. The highest BCUT2D eigenvalue weighted by Crippen LogP contribution is 2.22. The van der Waals surface area contributed by atoms with Gasteiger partial charge < -0.3 is 9.30 Å². The predicted octanol–water partition coefficient (Wildman–Crippen LogP) is 4.20. The number of nitriles is 1. The molecule has 0 aliphatic rings. The third-order valence-electron chi connectivity index (χ3n) is 3.65. The highest BCUT2D eigenvalue weighted by molar-refractivity contribution is 5.76. The first-order chi connectivity index (χ1) is 11.7. The van der Waals surface area contributed by atoms with Gasteiger partial charge in [0.2, 0.25) is 0 Å². The number of unbranched alkanes of at least 4 members (excludes halogenated alkanes) is 1. The molecule has 1 heterocycles. The number of rotatable bonds is 6. The van der Waals surface area contributed by atoms with Crippen molar-refractivity contribution in [1.29, 1.82) is 5.26 Å². The van der Waals surface area contributed by atoms with Crippen LogP contribution in [0.3, 0.4) is 0 Å². The zero-order valence-corrected chi connectivity index (χ0v) is 12.9. The van der Waals surface area contributed by atoms with Gasteiger partial charge in [0, 0.05) is 25.1 Å². The molecule has 3 aromatic rings. The summed E-state index contributed by atoms with van der Waals surface area (Å²) >= 11 is 0. The van der Waals surface area contributed by atoms with E-state index in [-0.39, 0.29) is 6.61 Å². The quantitative estimate of drug-likeness (QED) is 0.638. The summed E-state index contributed by atoms with van der Waals surface area (Å²) in [6.45, 7) is 0.664. The van der Waals surface area contributed by atoms with Gasteiger partial charge in [0.05, 0.1) is 17.1 Å². The first kappa shape index (κ1) is 15.9. The molecule has 0 aliphatic heterocycles.